The van der Waals surface area contributed by atoms with Gasteiger partial charge in [-0.15, -0.1) is 0 Å². The van der Waals surface area contributed by atoms with E-state index in [0.717, 1.165) is 11.1 Å². The number of likely N-dealkylation sites (tertiary alicyclic amines) is 1. The lowest BCUT2D eigenvalue weighted by Gasteiger charge is -2.40. The molecule has 1 saturated heterocycles. The first-order chi connectivity index (χ1) is 14.5. The average molecular weight is 447 g/mol. The highest BCUT2D eigenvalue weighted by Gasteiger charge is 2.36. The SMILES string of the molecule is Cc1cc(F)ccc1[C@@H]1CN(C(=O)OC(C)(C)C)CCC1NC(=O)c1ccc(Cl)cc1. The zero-order chi connectivity index (χ0) is 22.8. The second-order valence-electron chi connectivity index (χ2n) is 8.91. The fraction of sp³-hybridized carbons (Fsp3) is 0.417. The first-order valence-corrected chi connectivity index (χ1v) is 10.7. The van der Waals surface area contributed by atoms with Crippen molar-refractivity contribution in [1.82, 2.24) is 10.2 Å². The van der Waals surface area contributed by atoms with Crippen LogP contribution in [0, 0.1) is 12.7 Å². The lowest BCUT2D eigenvalue weighted by molar-refractivity contribution is 0.0176. The van der Waals surface area contributed by atoms with Crippen LogP contribution in [0.2, 0.25) is 5.02 Å². The van der Waals surface area contributed by atoms with Gasteiger partial charge in [0.2, 0.25) is 0 Å². The Kier molecular flexibility index (Phi) is 6.90. The van der Waals surface area contributed by atoms with E-state index in [1.54, 1.807) is 35.2 Å². The molecule has 0 aliphatic carbocycles. The summed E-state index contributed by atoms with van der Waals surface area (Å²) >= 11 is 5.92. The number of benzene rings is 2. The minimum absolute atomic E-state index is 0.196. The highest BCUT2D eigenvalue weighted by molar-refractivity contribution is 6.30. The van der Waals surface area contributed by atoms with Crippen molar-refractivity contribution in [2.75, 3.05) is 13.1 Å². The number of amides is 2. The van der Waals surface area contributed by atoms with Gasteiger partial charge in [-0.25, -0.2) is 9.18 Å². The van der Waals surface area contributed by atoms with Crippen molar-refractivity contribution in [3.63, 3.8) is 0 Å². The average Bonchev–Trinajstić information content (AvgIpc) is 2.67. The van der Waals surface area contributed by atoms with Crippen molar-refractivity contribution in [3.05, 3.63) is 70.0 Å². The number of nitrogens with one attached hydrogen (secondary N) is 1. The van der Waals surface area contributed by atoms with Gasteiger partial charge in [0.1, 0.15) is 11.4 Å². The third-order valence-corrected chi connectivity index (χ3v) is 5.57. The van der Waals surface area contributed by atoms with Crippen molar-refractivity contribution in [3.8, 4) is 0 Å². The van der Waals surface area contributed by atoms with Crippen molar-refractivity contribution < 1.29 is 18.7 Å². The molecule has 0 saturated carbocycles. The topological polar surface area (TPSA) is 58.6 Å². The first kappa shape index (κ1) is 23.1. The molecule has 2 aromatic carbocycles. The smallest absolute Gasteiger partial charge is 0.410 e. The van der Waals surface area contributed by atoms with Gasteiger partial charge in [-0.2, -0.15) is 0 Å². The van der Waals surface area contributed by atoms with Crippen LogP contribution < -0.4 is 5.32 Å². The third-order valence-electron chi connectivity index (χ3n) is 5.32. The summed E-state index contributed by atoms with van der Waals surface area (Å²) in [6.45, 7) is 8.13. The predicted octanol–water partition coefficient (Wildman–Crippen LogP) is 5.31. The Hall–Kier alpha value is -2.60. The Morgan fingerprint density at radius 2 is 1.84 bits per heavy atom. The molecule has 1 unspecified atom stereocenters. The maximum absolute atomic E-state index is 13.7. The van der Waals surface area contributed by atoms with Crippen LogP contribution in [0.1, 0.15) is 54.6 Å². The number of hydrogen-bond donors (Lipinski definition) is 1. The van der Waals surface area contributed by atoms with E-state index in [4.69, 9.17) is 16.3 Å². The molecule has 3 rings (SSSR count). The van der Waals surface area contributed by atoms with Gasteiger partial charge in [-0.3, -0.25) is 4.79 Å². The Balaban J connectivity index is 1.84. The summed E-state index contributed by atoms with van der Waals surface area (Å²) in [4.78, 5) is 27.1. The van der Waals surface area contributed by atoms with E-state index in [1.807, 2.05) is 27.7 Å². The molecule has 7 heteroatoms. The van der Waals surface area contributed by atoms with Crippen LogP contribution in [0.5, 0.6) is 0 Å². The van der Waals surface area contributed by atoms with E-state index < -0.39 is 5.60 Å². The molecule has 166 valence electrons. The van der Waals surface area contributed by atoms with Crippen molar-refractivity contribution in [2.45, 2.75) is 51.7 Å². The lowest BCUT2D eigenvalue weighted by Crippen LogP contribution is -2.52. The molecule has 31 heavy (non-hydrogen) atoms. The summed E-state index contributed by atoms with van der Waals surface area (Å²) < 4.78 is 19.2. The largest absolute Gasteiger partial charge is 0.444 e. The number of hydrogen-bond acceptors (Lipinski definition) is 3. The molecule has 1 fully saturated rings. The van der Waals surface area contributed by atoms with Crippen LogP contribution in [0.15, 0.2) is 42.5 Å². The second-order valence-corrected chi connectivity index (χ2v) is 9.35. The Bertz CT molecular complexity index is 956. The summed E-state index contributed by atoms with van der Waals surface area (Å²) in [6, 6.07) is 11.1. The summed E-state index contributed by atoms with van der Waals surface area (Å²) in [5.74, 6) is -0.724. The van der Waals surface area contributed by atoms with Crippen LogP contribution in [-0.4, -0.2) is 41.6 Å². The highest BCUT2D eigenvalue weighted by Crippen LogP contribution is 2.31. The molecule has 2 amide bonds. The van der Waals surface area contributed by atoms with Crippen LogP contribution in [0.4, 0.5) is 9.18 Å². The number of carbonyl (C=O) groups is 2. The first-order valence-electron chi connectivity index (χ1n) is 10.3. The minimum atomic E-state index is -0.599. The summed E-state index contributed by atoms with van der Waals surface area (Å²) in [6.07, 6.45) is 0.166. The number of piperidine rings is 1. The molecule has 0 bridgehead atoms. The van der Waals surface area contributed by atoms with Gasteiger partial charge in [-0.05, 0) is 81.6 Å². The number of carbonyl (C=O) groups excluding carboxylic acids is 2. The van der Waals surface area contributed by atoms with Crippen molar-refractivity contribution in [1.29, 1.82) is 0 Å². The quantitative estimate of drug-likeness (QED) is 0.695. The standard InChI is InChI=1S/C24H28ClFN2O3/c1-15-13-18(26)9-10-19(15)20-14-28(23(30)31-24(2,3)4)12-11-21(20)27-22(29)16-5-7-17(25)8-6-16/h5-10,13,20-21H,11-12,14H2,1-4H3,(H,27,29)/t20-,21?/m0/s1. The number of ether oxygens (including phenoxy) is 1. The van der Waals surface area contributed by atoms with E-state index in [9.17, 15) is 14.0 Å². The third kappa shape index (κ3) is 5.97. The van der Waals surface area contributed by atoms with E-state index in [2.05, 4.69) is 5.32 Å². The van der Waals surface area contributed by atoms with Crippen molar-refractivity contribution >= 4 is 23.6 Å². The molecular weight excluding hydrogens is 419 g/mol. The van der Waals surface area contributed by atoms with Gasteiger partial charge < -0.3 is 15.0 Å². The van der Waals surface area contributed by atoms with Crippen LogP contribution in [0.25, 0.3) is 0 Å². The van der Waals surface area contributed by atoms with Gasteiger partial charge in [-0.1, -0.05) is 17.7 Å². The van der Waals surface area contributed by atoms with Gasteiger partial charge in [0.15, 0.2) is 0 Å². The van der Waals surface area contributed by atoms with Crippen LogP contribution in [0.3, 0.4) is 0 Å². The zero-order valence-corrected chi connectivity index (χ0v) is 19.0. The Morgan fingerprint density at radius 3 is 2.45 bits per heavy atom. The summed E-state index contributed by atoms with van der Waals surface area (Å²) in [7, 11) is 0. The molecule has 1 aliphatic rings. The van der Waals surface area contributed by atoms with Gasteiger partial charge >= 0.3 is 6.09 Å². The molecule has 0 aromatic heterocycles. The summed E-state index contributed by atoms with van der Waals surface area (Å²) in [5, 5.41) is 3.66. The maximum Gasteiger partial charge on any atom is 0.410 e. The van der Waals surface area contributed by atoms with Crippen molar-refractivity contribution in [2.24, 2.45) is 0 Å². The molecule has 5 nitrogen and oxygen atoms in total. The molecule has 2 atom stereocenters. The second kappa shape index (κ2) is 9.27. The Labute approximate surface area is 187 Å². The van der Waals surface area contributed by atoms with Gasteiger partial charge in [0.05, 0.1) is 0 Å². The highest BCUT2D eigenvalue weighted by atomic mass is 35.5. The number of aryl methyl sites for hydroxylation is 1. The molecular formula is C24H28ClFN2O3. The van der Waals surface area contributed by atoms with E-state index in [-0.39, 0.29) is 29.8 Å². The van der Waals surface area contributed by atoms with E-state index >= 15 is 0 Å². The molecule has 0 spiro atoms. The molecule has 1 aliphatic heterocycles. The molecule has 1 N–H and O–H groups in total. The predicted molar refractivity (Wildman–Crippen MR) is 119 cm³/mol. The van der Waals surface area contributed by atoms with E-state index in [1.165, 1.54) is 12.1 Å². The fourth-order valence-electron chi connectivity index (χ4n) is 3.84. The molecule has 0 radical (unpaired) electrons. The fourth-order valence-corrected chi connectivity index (χ4v) is 3.97. The van der Waals surface area contributed by atoms with E-state index in [0.29, 0.717) is 30.1 Å². The summed E-state index contributed by atoms with van der Waals surface area (Å²) in [5.41, 5.74) is 1.59. The zero-order valence-electron chi connectivity index (χ0n) is 18.2. The molecule has 2 aromatic rings. The van der Waals surface area contributed by atoms with Crippen LogP contribution >= 0.6 is 11.6 Å². The molecule has 1 heterocycles. The van der Waals surface area contributed by atoms with Gasteiger partial charge in [0, 0.05) is 35.6 Å². The Morgan fingerprint density at radius 1 is 1.16 bits per heavy atom. The number of halogens is 2. The maximum atomic E-state index is 13.7. The van der Waals surface area contributed by atoms with Gasteiger partial charge in [0.25, 0.3) is 5.91 Å². The number of rotatable bonds is 3. The normalized spacial score (nSPS) is 19.1. The minimum Gasteiger partial charge on any atom is -0.444 e. The van der Waals surface area contributed by atoms with Crippen LogP contribution in [-0.2, 0) is 4.74 Å². The lowest BCUT2D eigenvalue weighted by atomic mass is 9.83. The monoisotopic (exact) mass is 446 g/mol. The number of nitrogens with zero attached hydrogens (tertiary/aromatic N) is 1.